The fourth-order valence-electron chi connectivity index (χ4n) is 3.53. The van der Waals surface area contributed by atoms with Crippen molar-refractivity contribution in [1.82, 2.24) is 0 Å². The number of sulfonamides is 1. The van der Waals surface area contributed by atoms with E-state index in [0.29, 0.717) is 6.07 Å². The maximum absolute atomic E-state index is 14.8. The number of benzene rings is 3. The van der Waals surface area contributed by atoms with Crippen LogP contribution in [0.15, 0.2) is 47.4 Å². The van der Waals surface area contributed by atoms with Crippen LogP contribution in [0.1, 0.15) is 28.9 Å². The zero-order valence-corrected chi connectivity index (χ0v) is 18.7. The van der Waals surface area contributed by atoms with E-state index in [0.717, 1.165) is 37.4 Å². The summed E-state index contributed by atoms with van der Waals surface area (Å²) >= 11 is 6.13. The molecule has 0 fully saturated rings. The van der Waals surface area contributed by atoms with Crippen molar-refractivity contribution in [1.29, 1.82) is 0 Å². The standard InChI is InChI=1S/C22H15ClF3NO5S/c1-10-13-4-3-12(24)7-14(13)15-8-19(18(26)9-17(15)25)27-33(29,30)20-6-11(22(28)32-10)5-16(23)21(20)31-2/h3-10,27H,1-2H3. The number of fused-ring (bicyclic) bond motifs is 6. The highest BCUT2D eigenvalue weighted by molar-refractivity contribution is 7.92. The van der Waals surface area contributed by atoms with Crippen molar-refractivity contribution >= 4 is 33.3 Å². The minimum Gasteiger partial charge on any atom is -0.494 e. The van der Waals surface area contributed by atoms with Crippen LogP contribution in [0.2, 0.25) is 5.02 Å². The molecule has 1 heterocycles. The van der Waals surface area contributed by atoms with Crippen LogP contribution in [0, 0.1) is 17.5 Å². The molecule has 0 aromatic heterocycles. The van der Waals surface area contributed by atoms with Gasteiger partial charge in [0, 0.05) is 17.2 Å². The van der Waals surface area contributed by atoms with Crippen molar-refractivity contribution < 1.29 is 35.9 Å². The van der Waals surface area contributed by atoms with E-state index in [9.17, 15) is 26.4 Å². The lowest BCUT2D eigenvalue weighted by Crippen LogP contribution is -2.17. The molecule has 0 aliphatic carbocycles. The predicted molar refractivity (Wildman–Crippen MR) is 114 cm³/mol. The summed E-state index contributed by atoms with van der Waals surface area (Å²) in [6.45, 7) is 1.47. The van der Waals surface area contributed by atoms with Crippen LogP contribution in [0.25, 0.3) is 11.1 Å². The summed E-state index contributed by atoms with van der Waals surface area (Å²) in [6.07, 6.45) is -1.02. The van der Waals surface area contributed by atoms with Crippen LogP contribution in [-0.4, -0.2) is 21.5 Å². The van der Waals surface area contributed by atoms with Gasteiger partial charge in [-0.25, -0.2) is 26.4 Å². The smallest absolute Gasteiger partial charge is 0.338 e. The number of carbonyl (C=O) groups excluding carboxylic acids is 1. The number of ether oxygens (including phenoxy) is 2. The molecular formula is C22H15ClF3NO5S. The summed E-state index contributed by atoms with van der Waals surface area (Å²) in [5, 5.41) is -0.211. The SMILES string of the molecule is COc1c(Cl)cc2cc1S(=O)(=O)Nc1cc(c(F)cc1F)-c1cc(F)ccc1C(C)OC2=O. The van der Waals surface area contributed by atoms with Gasteiger partial charge in [0.1, 0.15) is 28.5 Å². The largest absolute Gasteiger partial charge is 0.494 e. The molecular weight excluding hydrogens is 483 g/mol. The zero-order chi connectivity index (χ0) is 24.1. The number of esters is 1. The fraction of sp³-hybridized carbons (Fsp3) is 0.136. The Hall–Kier alpha value is -3.24. The van der Waals surface area contributed by atoms with E-state index in [1.807, 2.05) is 4.72 Å². The molecule has 3 aromatic carbocycles. The number of cyclic esters (lactones) is 1. The molecule has 0 radical (unpaired) electrons. The summed E-state index contributed by atoms with van der Waals surface area (Å²) in [6, 6.07) is 6.85. The normalized spacial score (nSPS) is 16.9. The Kier molecular flexibility index (Phi) is 5.75. The van der Waals surface area contributed by atoms with E-state index >= 15 is 0 Å². The topological polar surface area (TPSA) is 81.7 Å². The number of methoxy groups -OCH3 is 1. The first-order valence-corrected chi connectivity index (χ1v) is 11.3. The Morgan fingerprint density at radius 2 is 1.76 bits per heavy atom. The Morgan fingerprint density at radius 1 is 1.03 bits per heavy atom. The maximum Gasteiger partial charge on any atom is 0.338 e. The number of hydrogen-bond acceptors (Lipinski definition) is 5. The molecule has 1 N–H and O–H groups in total. The molecule has 33 heavy (non-hydrogen) atoms. The van der Waals surface area contributed by atoms with Gasteiger partial charge in [-0.2, -0.15) is 0 Å². The van der Waals surface area contributed by atoms with Crippen molar-refractivity contribution in [3.05, 3.63) is 76.1 Å². The van der Waals surface area contributed by atoms with E-state index < -0.39 is 50.1 Å². The van der Waals surface area contributed by atoms with Crippen LogP contribution < -0.4 is 9.46 Å². The minimum atomic E-state index is -4.59. The summed E-state index contributed by atoms with van der Waals surface area (Å²) in [7, 11) is -3.42. The summed E-state index contributed by atoms with van der Waals surface area (Å²) in [5.41, 5.74) is -0.973. The van der Waals surface area contributed by atoms with Crippen molar-refractivity contribution in [2.75, 3.05) is 11.8 Å². The lowest BCUT2D eigenvalue weighted by atomic mass is 9.95. The second kappa shape index (κ2) is 8.27. The van der Waals surface area contributed by atoms with Gasteiger partial charge < -0.3 is 9.47 Å². The van der Waals surface area contributed by atoms with Crippen molar-refractivity contribution in [2.45, 2.75) is 17.9 Å². The van der Waals surface area contributed by atoms with Gasteiger partial charge in [0.05, 0.1) is 23.4 Å². The molecule has 0 saturated heterocycles. The number of hydrogen-bond donors (Lipinski definition) is 1. The molecule has 4 rings (SSSR count). The van der Waals surface area contributed by atoms with Gasteiger partial charge in [0.25, 0.3) is 10.0 Å². The molecule has 1 aliphatic rings. The molecule has 1 atom stereocenters. The van der Waals surface area contributed by atoms with Crippen molar-refractivity contribution in [2.24, 2.45) is 0 Å². The van der Waals surface area contributed by atoms with Crippen LogP contribution in [-0.2, 0) is 14.8 Å². The van der Waals surface area contributed by atoms with E-state index in [1.165, 1.54) is 13.0 Å². The zero-order valence-electron chi connectivity index (χ0n) is 17.1. The van der Waals surface area contributed by atoms with Gasteiger partial charge in [-0.05, 0) is 42.8 Å². The van der Waals surface area contributed by atoms with E-state index in [2.05, 4.69) is 0 Å². The van der Waals surface area contributed by atoms with Crippen molar-refractivity contribution in [3.63, 3.8) is 0 Å². The second-order valence-corrected chi connectivity index (χ2v) is 9.24. The fourth-order valence-corrected chi connectivity index (χ4v) is 5.15. The quantitative estimate of drug-likeness (QED) is 0.451. The predicted octanol–water partition coefficient (Wildman–Crippen LogP) is 5.47. The lowest BCUT2D eigenvalue weighted by Gasteiger charge is -2.18. The Bertz CT molecular complexity index is 1410. The second-order valence-electron chi connectivity index (χ2n) is 7.19. The molecule has 0 saturated carbocycles. The average Bonchev–Trinajstić information content (AvgIpc) is 2.74. The first-order valence-electron chi connectivity index (χ1n) is 9.42. The number of halogens is 4. The van der Waals surface area contributed by atoms with Gasteiger partial charge in [-0.1, -0.05) is 17.7 Å². The molecule has 1 unspecified atom stereocenters. The molecule has 0 amide bonds. The molecule has 4 bridgehead atoms. The molecule has 11 heteroatoms. The summed E-state index contributed by atoms with van der Waals surface area (Å²) in [4.78, 5) is 12.2. The Balaban J connectivity index is 2.06. The molecule has 0 spiro atoms. The van der Waals surface area contributed by atoms with Crippen LogP contribution in [0.4, 0.5) is 18.9 Å². The number of anilines is 1. The van der Waals surface area contributed by atoms with Crippen LogP contribution in [0.3, 0.4) is 0 Å². The van der Waals surface area contributed by atoms with Crippen molar-refractivity contribution in [3.8, 4) is 16.9 Å². The lowest BCUT2D eigenvalue weighted by molar-refractivity contribution is 0.0338. The van der Waals surface area contributed by atoms with E-state index in [1.54, 1.807) is 0 Å². The highest BCUT2D eigenvalue weighted by atomic mass is 35.5. The van der Waals surface area contributed by atoms with Gasteiger partial charge in [0.2, 0.25) is 0 Å². The third-order valence-corrected chi connectivity index (χ3v) is 6.72. The minimum absolute atomic E-state index is 0.0465. The maximum atomic E-state index is 14.8. The van der Waals surface area contributed by atoms with Crippen LogP contribution in [0.5, 0.6) is 5.75 Å². The Morgan fingerprint density at radius 3 is 2.45 bits per heavy atom. The highest BCUT2D eigenvalue weighted by Crippen LogP contribution is 2.39. The number of carbonyl (C=O) groups is 1. The van der Waals surface area contributed by atoms with E-state index in [4.69, 9.17) is 21.1 Å². The van der Waals surface area contributed by atoms with Gasteiger partial charge in [-0.15, -0.1) is 0 Å². The van der Waals surface area contributed by atoms with E-state index in [-0.39, 0.29) is 33.0 Å². The molecule has 172 valence electrons. The molecule has 6 nitrogen and oxygen atoms in total. The van der Waals surface area contributed by atoms with Gasteiger partial charge >= 0.3 is 5.97 Å². The monoisotopic (exact) mass is 497 g/mol. The average molecular weight is 498 g/mol. The third-order valence-electron chi connectivity index (χ3n) is 5.07. The summed E-state index contributed by atoms with van der Waals surface area (Å²) < 4.78 is 82.1. The first kappa shape index (κ1) is 22.9. The van der Waals surface area contributed by atoms with Crippen LogP contribution >= 0.6 is 11.6 Å². The number of rotatable bonds is 1. The van der Waals surface area contributed by atoms with Gasteiger partial charge in [-0.3, -0.25) is 4.72 Å². The van der Waals surface area contributed by atoms with Gasteiger partial charge in [0.15, 0.2) is 5.75 Å². The molecule has 1 aliphatic heterocycles. The molecule has 3 aromatic rings. The first-order chi connectivity index (χ1) is 15.5. The third kappa shape index (κ3) is 4.11. The summed E-state index contributed by atoms with van der Waals surface area (Å²) in [5.74, 6) is -4.26. The number of nitrogens with one attached hydrogen (secondary N) is 1. The highest BCUT2D eigenvalue weighted by Gasteiger charge is 2.29. The Labute approximate surface area is 191 Å².